The molecule has 0 atom stereocenters. The first kappa shape index (κ1) is 15.2. The number of amides is 1. The standard InChI is InChI=1S/C15H21N3O/c1-13-5-7-14(8-6-13)11-17(2)12-15(19)18(3)10-4-9-16/h5-8H,4,10-12H2,1-3H3. The average Bonchev–Trinajstić information content (AvgIpc) is 2.38. The Labute approximate surface area is 115 Å². The van der Waals surface area contributed by atoms with Crippen molar-refractivity contribution in [1.29, 1.82) is 5.26 Å². The smallest absolute Gasteiger partial charge is 0.236 e. The number of carbonyl (C=O) groups excluding carboxylic acids is 1. The first-order chi connectivity index (χ1) is 9.02. The van der Waals surface area contributed by atoms with Gasteiger partial charge in [0.1, 0.15) is 0 Å². The van der Waals surface area contributed by atoms with E-state index in [1.54, 1.807) is 11.9 Å². The normalized spacial score (nSPS) is 10.3. The van der Waals surface area contributed by atoms with Crippen LogP contribution in [0.2, 0.25) is 0 Å². The molecule has 0 aromatic heterocycles. The zero-order valence-corrected chi connectivity index (χ0v) is 11.9. The molecule has 0 aliphatic heterocycles. The fourth-order valence-electron chi connectivity index (χ4n) is 1.76. The van der Waals surface area contributed by atoms with Gasteiger partial charge in [0.05, 0.1) is 19.0 Å². The van der Waals surface area contributed by atoms with Crippen molar-refractivity contribution < 1.29 is 4.79 Å². The molecular formula is C15H21N3O. The summed E-state index contributed by atoms with van der Waals surface area (Å²) in [5, 5.41) is 8.50. The van der Waals surface area contributed by atoms with E-state index in [2.05, 4.69) is 31.2 Å². The van der Waals surface area contributed by atoms with E-state index in [9.17, 15) is 4.79 Å². The van der Waals surface area contributed by atoms with Crippen LogP contribution in [0.25, 0.3) is 0 Å². The SMILES string of the molecule is Cc1ccc(CN(C)CC(=O)N(C)CCC#N)cc1. The maximum atomic E-state index is 11.9. The van der Waals surface area contributed by atoms with Crippen LogP contribution in [0.3, 0.4) is 0 Å². The number of nitriles is 1. The van der Waals surface area contributed by atoms with E-state index in [4.69, 9.17) is 5.26 Å². The number of aryl methyl sites for hydroxylation is 1. The summed E-state index contributed by atoms with van der Waals surface area (Å²) in [7, 11) is 3.66. The molecule has 19 heavy (non-hydrogen) atoms. The van der Waals surface area contributed by atoms with Gasteiger partial charge in [0, 0.05) is 20.1 Å². The number of hydrogen-bond donors (Lipinski definition) is 0. The van der Waals surface area contributed by atoms with Crippen molar-refractivity contribution in [2.24, 2.45) is 0 Å². The van der Waals surface area contributed by atoms with E-state index in [1.165, 1.54) is 11.1 Å². The Kier molecular flexibility index (Phi) is 6.04. The highest BCUT2D eigenvalue weighted by molar-refractivity contribution is 5.77. The van der Waals surface area contributed by atoms with E-state index >= 15 is 0 Å². The molecule has 0 spiro atoms. The third-order valence-electron chi connectivity index (χ3n) is 2.96. The molecule has 4 nitrogen and oxygen atoms in total. The summed E-state index contributed by atoms with van der Waals surface area (Å²) < 4.78 is 0. The first-order valence-corrected chi connectivity index (χ1v) is 6.38. The number of likely N-dealkylation sites (N-methyl/N-ethyl adjacent to an activating group) is 2. The van der Waals surface area contributed by atoms with Gasteiger partial charge >= 0.3 is 0 Å². The molecule has 102 valence electrons. The van der Waals surface area contributed by atoms with Crippen LogP contribution in [-0.2, 0) is 11.3 Å². The van der Waals surface area contributed by atoms with Crippen LogP contribution in [0.1, 0.15) is 17.5 Å². The summed E-state index contributed by atoms with van der Waals surface area (Å²) in [5.74, 6) is 0.0462. The highest BCUT2D eigenvalue weighted by atomic mass is 16.2. The Balaban J connectivity index is 2.42. The molecule has 0 fully saturated rings. The topological polar surface area (TPSA) is 47.3 Å². The molecule has 0 aliphatic rings. The predicted octanol–water partition coefficient (Wildman–Crippen LogP) is 1.80. The summed E-state index contributed by atoms with van der Waals surface area (Å²) in [4.78, 5) is 15.5. The largest absolute Gasteiger partial charge is 0.344 e. The van der Waals surface area contributed by atoms with Gasteiger partial charge in [0.25, 0.3) is 0 Å². The molecule has 1 rings (SSSR count). The second kappa shape index (κ2) is 7.55. The Morgan fingerprint density at radius 2 is 1.89 bits per heavy atom. The van der Waals surface area contributed by atoms with Gasteiger partial charge in [-0.15, -0.1) is 0 Å². The average molecular weight is 259 g/mol. The molecule has 0 aliphatic carbocycles. The van der Waals surface area contributed by atoms with Crippen molar-refractivity contribution in [3.63, 3.8) is 0 Å². The lowest BCUT2D eigenvalue weighted by Gasteiger charge is -2.21. The fraction of sp³-hybridized carbons (Fsp3) is 0.467. The molecule has 0 unspecified atom stereocenters. The molecule has 1 aromatic carbocycles. The monoisotopic (exact) mass is 259 g/mol. The summed E-state index contributed by atoms with van der Waals surface area (Å²) >= 11 is 0. The highest BCUT2D eigenvalue weighted by Crippen LogP contribution is 2.06. The summed E-state index contributed by atoms with van der Waals surface area (Å²) in [6, 6.07) is 10.3. The maximum absolute atomic E-state index is 11.9. The fourth-order valence-corrected chi connectivity index (χ4v) is 1.76. The van der Waals surface area contributed by atoms with Gasteiger partial charge in [-0.25, -0.2) is 0 Å². The molecule has 4 heteroatoms. The van der Waals surface area contributed by atoms with Gasteiger partial charge < -0.3 is 4.90 Å². The molecule has 0 bridgehead atoms. The van der Waals surface area contributed by atoms with Crippen molar-refractivity contribution >= 4 is 5.91 Å². The van der Waals surface area contributed by atoms with Crippen LogP contribution in [0.15, 0.2) is 24.3 Å². The summed E-state index contributed by atoms with van der Waals surface area (Å²) in [6.45, 7) is 3.67. The van der Waals surface area contributed by atoms with E-state index in [0.29, 0.717) is 19.5 Å². The number of carbonyl (C=O) groups is 1. The van der Waals surface area contributed by atoms with Gasteiger partial charge in [-0.3, -0.25) is 9.69 Å². The number of hydrogen-bond acceptors (Lipinski definition) is 3. The van der Waals surface area contributed by atoms with Crippen molar-refractivity contribution in [3.8, 4) is 6.07 Å². The van der Waals surface area contributed by atoms with Crippen molar-refractivity contribution in [2.75, 3.05) is 27.2 Å². The number of rotatable bonds is 6. The molecule has 1 aromatic rings. The number of benzene rings is 1. The quantitative estimate of drug-likeness (QED) is 0.782. The van der Waals surface area contributed by atoms with E-state index in [-0.39, 0.29) is 5.91 Å². The lowest BCUT2D eigenvalue weighted by Crippen LogP contribution is -2.36. The summed E-state index contributed by atoms with van der Waals surface area (Å²) in [5.41, 5.74) is 2.43. The van der Waals surface area contributed by atoms with Crippen LogP contribution in [0, 0.1) is 18.3 Å². The third kappa shape index (κ3) is 5.54. The van der Waals surface area contributed by atoms with Crippen molar-refractivity contribution in [1.82, 2.24) is 9.80 Å². The first-order valence-electron chi connectivity index (χ1n) is 6.38. The Hall–Kier alpha value is -1.86. The van der Waals surface area contributed by atoms with Gasteiger partial charge in [-0.2, -0.15) is 5.26 Å². The lowest BCUT2D eigenvalue weighted by atomic mass is 10.1. The highest BCUT2D eigenvalue weighted by Gasteiger charge is 2.11. The molecule has 0 heterocycles. The van der Waals surface area contributed by atoms with Gasteiger partial charge in [0.2, 0.25) is 5.91 Å². The van der Waals surface area contributed by atoms with Crippen LogP contribution < -0.4 is 0 Å². The van der Waals surface area contributed by atoms with Crippen molar-refractivity contribution in [3.05, 3.63) is 35.4 Å². The third-order valence-corrected chi connectivity index (χ3v) is 2.96. The molecule has 0 radical (unpaired) electrons. The maximum Gasteiger partial charge on any atom is 0.236 e. The zero-order valence-electron chi connectivity index (χ0n) is 11.9. The molecule has 0 N–H and O–H groups in total. The number of nitrogens with zero attached hydrogens (tertiary/aromatic N) is 3. The second-order valence-corrected chi connectivity index (χ2v) is 4.88. The lowest BCUT2D eigenvalue weighted by molar-refractivity contribution is -0.130. The molecular weight excluding hydrogens is 238 g/mol. The van der Waals surface area contributed by atoms with Gasteiger partial charge in [-0.05, 0) is 19.5 Å². The minimum Gasteiger partial charge on any atom is -0.344 e. The minimum atomic E-state index is 0.0462. The molecule has 0 saturated heterocycles. The van der Waals surface area contributed by atoms with E-state index in [0.717, 1.165) is 6.54 Å². The van der Waals surface area contributed by atoms with Crippen LogP contribution in [0.5, 0.6) is 0 Å². The predicted molar refractivity (Wildman–Crippen MR) is 75.4 cm³/mol. The van der Waals surface area contributed by atoms with Crippen LogP contribution >= 0.6 is 0 Å². The molecule has 1 amide bonds. The van der Waals surface area contributed by atoms with Crippen LogP contribution in [0.4, 0.5) is 0 Å². The van der Waals surface area contributed by atoms with Gasteiger partial charge in [-0.1, -0.05) is 29.8 Å². The minimum absolute atomic E-state index is 0.0462. The van der Waals surface area contributed by atoms with Crippen molar-refractivity contribution in [2.45, 2.75) is 19.9 Å². The summed E-state index contributed by atoms with van der Waals surface area (Å²) in [6.07, 6.45) is 0.379. The van der Waals surface area contributed by atoms with Crippen LogP contribution in [-0.4, -0.2) is 42.9 Å². The van der Waals surface area contributed by atoms with E-state index in [1.807, 2.05) is 18.0 Å². The Morgan fingerprint density at radius 1 is 1.26 bits per heavy atom. The van der Waals surface area contributed by atoms with E-state index < -0.39 is 0 Å². The Morgan fingerprint density at radius 3 is 2.47 bits per heavy atom. The Bertz CT molecular complexity index is 447. The zero-order chi connectivity index (χ0) is 14.3. The second-order valence-electron chi connectivity index (χ2n) is 4.88. The van der Waals surface area contributed by atoms with Gasteiger partial charge in [0.15, 0.2) is 0 Å². The molecule has 0 saturated carbocycles.